The van der Waals surface area contributed by atoms with E-state index in [1.807, 2.05) is 0 Å². The number of hydrogen-bond acceptors (Lipinski definition) is 7. The van der Waals surface area contributed by atoms with E-state index < -0.39 is 15.1 Å². The monoisotopic (exact) mass is 285 g/mol. The van der Waals surface area contributed by atoms with Gasteiger partial charge in [0, 0.05) is 25.5 Å². The van der Waals surface area contributed by atoms with Crippen LogP contribution in [0.2, 0.25) is 0 Å². The van der Waals surface area contributed by atoms with Crippen molar-refractivity contribution in [2.45, 2.75) is 18.7 Å². The van der Waals surface area contributed by atoms with Gasteiger partial charge in [-0.05, 0) is 6.92 Å². The number of nitrogens with two attached hydrogens (primary N) is 1. The van der Waals surface area contributed by atoms with E-state index in [4.69, 9.17) is 10.3 Å². The molecule has 1 unspecified atom stereocenters. The topological polar surface area (TPSA) is 117 Å². The minimum Gasteiger partial charge on any atom is -0.335 e. The summed E-state index contributed by atoms with van der Waals surface area (Å²) >= 11 is 0. The van der Waals surface area contributed by atoms with Gasteiger partial charge in [-0.2, -0.15) is 4.98 Å². The van der Waals surface area contributed by atoms with Gasteiger partial charge in [0.1, 0.15) is 10.9 Å². The summed E-state index contributed by atoms with van der Waals surface area (Å²) in [5, 5.41) is 2.87. The van der Waals surface area contributed by atoms with Crippen LogP contribution in [0, 0.1) is 0 Å². The summed E-state index contributed by atoms with van der Waals surface area (Å²) in [6.07, 6.45) is 4.45. The van der Waals surface area contributed by atoms with Gasteiger partial charge in [0.05, 0.1) is 6.33 Å². The van der Waals surface area contributed by atoms with Crippen molar-refractivity contribution in [3.63, 3.8) is 0 Å². The van der Waals surface area contributed by atoms with Crippen LogP contribution in [0.15, 0.2) is 17.0 Å². The number of sulfone groups is 1. The molecule has 104 valence electrons. The maximum atomic E-state index is 11.4. The Morgan fingerprint density at radius 1 is 1.53 bits per heavy atom. The second-order valence-electron chi connectivity index (χ2n) is 4.21. The summed E-state index contributed by atoms with van der Waals surface area (Å²) in [4.78, 5) is 8.16. The minimum absolute atomic E-state index is 0.130. The molecular weight excluding hydrogens is 270 g/mol. The van der Waals surface area contributed by atoms with E-state index in [0.29, 0.717) is 18.8 Å². The molecule has 0 fully saturated rings. The lowest BCUT2D eigenvalue weighted by molar-refractivity contribution is 0.420. The van der Waals surface area contributed by atoms with Crippen LogP contribution in [0.4, 0.5) is 0 Å². The SMILES string of the molecule is CC(c1noc(-c2cn(CCN)cn2)n1)S(C)(=O)=O. The Hall–Kier alpha value is -1.74. The Kier molecular flexibility index (Phi) is 3.67. The van der Waals surface area contributed by atoms with Gasteiger partial charge >= 0.3 is 0 Å². The second-order valence-corrected chi connectivity index (χ2v) is 6.58. The quantitative estimate of drug-likeness (QED) is 0.821. The van der Waals surface area contributed by atoms with Crippen molar-refractivity contribution in [3.05, 3.63) is 18.3 Å². The first kappa shape index (κ1) is 13.7. The fourth-order valence-corrected chi connectivity index (χ4v) is 1.92. The van der Waals surface area contributed by atoms with Crippen LogP contribution in [0.25, 0.3) is 11.6 Å². The van der Waals surface area contributed by atoms with Crippen molar-refractivity contribution in [1.82, 2.24) is 19.7 Å². The molecule has 0 aromatic carbocycles. The molecule has 0 aliphatic rings. The molecule has 0 bridgehead atoms. The summed E-state index contributed by atoms with van der Waals surface area (Å²) in [5.41, 5.74) is 5.93. The Bertz CT molecular complexity index is 660. The molecule has 0 amide bonds. The number of nitrogens with zero attached hydrogens (tertiary/aromatic N) is 4. The zero-order chi connectivity index (χ0) is 14.0. The molecule has 8 nitrogen and oxygen atoms in total. The van der Waals surface area contributed by atoms with Crippen LogP contribution in [0.1, 0.15) is 18.0 Å². The van der Waals surface area contributed by atoms with Crippen LogP contribution in [0.5, 0.6) is 0 Å². The molecule has 9 heteroatoms. The molecule has 2 N–H and O–H groups in total. The Morgan fingerprint density at radius 3 is 2.89 bits per heavy atom. The molecule has 0 saturated heterocycles. The maximum absolute atomic E-state index is 11.4. The smallest absolute Gasteiger partial charge is 0.278 e. The Morgan fingerprint density at radius 2 is 2.26 bits per heavy atom. The van der Waals surface area contributed by atoms with E-state index in [2.05, 4.69) is 15.1 Å². The highest BCUT2D eigenvalue weighted by Gasteiger charge is 2.24. The fourth-order valence-electron chi connectivity index (χ4n) is 1.44. The normalized spacial score (nSPS) is 13.6. The van der Waals surface area contributed by atoms with Gasteiger partial charge in [-0.1, -0.05) is 5.16 Å². The Balaban J connectivity index is 2.25. The predicted octanol–water partition coefficient (Wildman–Crippen LogP) is -0.00260. The summed E-state index contributed by atoms with van der Waals surface area (Å²) in [7, 11) is -3.26. The Labute approximate surface area is 110 Å². The molecule has 2 aromatic rings. The van der Waals surface area contributed by atoms with E-state index >= 15 is 0 Å². The molecule has 1 atom stereocenters. The number of aromatic nitrogens is 4. The molecule has 0 spiro atoms. The average Bonchev–Trinajstić information content (AvgIpc) is 2.94. The molecule has 2 heterocycles. The highest BCUT2D eigenvalue weighted by atomic mass is 32.2. The lowest BCUT2D eigenvalue weighted by atomic mass is 10.4. The number of hydrogen-bond donors (Lipinski definition) is 1. The van der Waals surface area contributed by atoms with Gasteiger partial charge in [-0.25, -0.2) is 13.4 Å². The van der Waals surface area contributed by atoms with Gasteiger partial charge < -0.3 is 14.8 Å². The van der Waals surface area contributed by atoms with Crippen LogP contribution in [-0.4, -0.2) is 40.9 Å². The molecule has 0 saturated carbocycles. The third-order valence-electron chi connectivity index (χ3n) is 2.69. The zero-order valence-electron chi connectivity index (χ0n) is 10.6. The summed E-state index contributed by atoms with van der Waals surface area (Å²) in [6.45, 7) is 2.64. The highest BCUT2D eigenvalue weighted by Crippen LogP contribution is 2.21. The van der Waals surface area contributed by atoms with Crippen molar-refractivity contribution in [2.24, 2.45) is 5.73 Å². The average molecular weight is 285 g/mol. The van der Waals surface area contributed by atoms with Gasteiger partial charge in [-0.3, -0.25) is 0 Å². The van der Waals surface area contributed by atoms with Crippen LogP contribution in [-0.2, 0) is 16.4 Å². The van der Waals surface area contributed by atoms with Gasteiger partial charge in [0.15, 0.2) is 15.7 Å². The van der Waals surface area contributed by atoms with E-state index in [1.165, 1.54) is 6.92 Å². The van der Waals surface area contributed by atoms with E-state index in [9.17, 15) is 8.42 Å². The molecule has 19 heavy (non-hydrogen) atoms. The number of rotatable bonds is 5. The van der Waals surface area contributed by atoms with Gasteiger partial charge in [0.25, 0.3) is 5.89 Å². The summed E-state index contributed by atoms with van der Waals surface area (Å²) in [6, 6.07) is 0. The standard InChI is InChI=1S/C10H15N5O3S/c1-7(19(2,16)17)9-13-10(18-14-9)8-5-15(4-3-11)6-12-8/h5-7H,3-4,11H2,1-2H3. The summed E-state index contributed by atoms with van der Waals surface area (Å²) in [5.74, 6) is 0.326. The predicted molar refractivity (Wildman–Crippen MR) is 67.8 cm³/mol. The van der Waals surface area contributed by atoms with Crippen molar-refractivity contribution in [1.29, 1.82) is 0 Å². The molecule has 2 rings (SSSR count). The summed E-state index contributed by atoms with van der Waals surface area (Å²) < 4.78 is 29.6. The minimum atomic E-state index is -3.26. The largest absolute Gasteiger partial charge is 0.335 e. The van der Waals surface area contributed by atoms with Gasteiger partial charge in [-0.15, -0.1) is 0 Å². The van der Waals surface area contributed by atoms with E-state index in [0.717, 1.165) is 6.26 Å². The van der Waals surface area contributed by atoms with Crippen molar-refractivity contribution < 1.29 is 12.9 Å². The third-order valence-corrected chi connectivity index (χ3v) is 4.18. The second kappa shape index (κ2) is 5.10. The molecule has 0 aliphatic heterocycles. The third kappa shape index (κ3) is 2.99. The van der Waals surface area contributed by atoms with Crippen LogP contribution in [0.3, 0.4) is 0 Å². The van der Waals surface area contributed by atoms with Crippen LogP contribution < -0.4 is 5.73 Å². The first-order chi connectivity index (χ1) is 8.91. The van der Waals surface area contributed by atoms with Crippen molar-refractivity contribution in [3.8, 4) is 11.6 Å². The zero-order valence-corrected chi connectivity index (χ0v) is 11.5. The van der Waals surface area contributed by atoms with Crippen LogP contribution >= 0.6 is 0 Å². The fraction of sp³-hybridized carbons (Fsp3) is 0.500. The van der Waals surface area contributed by atoms with Crippen molar-refractivity contribution >= 4 is 9.84 Å². The maximum Gasteiger partial charge on any atom is 0.278 e. The van der Waals surface area contributed by atoms with E-state index in [1.54, 1.807) is 17.1 Å². The number of imidazole rings is 1. The first-order valence-electron chi connectivity index (χ1n) is 5.66. The molecular formula is C10H15N5O3S. The van der Waals surface area contributed by atoms with Crippen molar-refractivity contribution in [2.75, 3.05) is 12.8 Å². The molecule has 2 aromatic heterocycles. The highest BCUT2D eigenvalue weighted by molar-refractivity contribution is 7.90. The lowest BCUT2D eigenvalue weighted by Gasteiger charge is -2.01. The molecule has 0 aliphatic carbocycles. The van der Waals surface area contributed by atoms with Gasteiger partial charge in [0.2, 0.25) is 0 Å². The molecule has 0 radical (unpaired) electrons. The van der Waals surface area contributed by atoms with E-state index in [-0.39, 0.29) is 11.7 Å². The lowest BCUT2D eigenvalue weighted by Crippen LogP contribution is -2.09. The first-order valence-corrected chi connectivity index (χ1v) is 7.62.